The second-order valence-electron chi connectivity index (χ2n) is 4.55. The number of nitrogens with zero attached hydrogens (tertiary/aromatic N) is 1. The van der Waals surface area contributed by atoms with Crippen molar-refractivity contribution in [2.24, 2.45) is 0 Å². The van der Waals surface area contributed by atoms with Crippen LogP contribution < -0.4 is 5.32 Å². The van der Waals surface area contributed by atoms with Crippen LogP contribution >= 0.6 is 11.8 Å². The molecule has 20 heavy (non-hydrogen) atoms. The fourth-order valence-electron chi connectivity index (χ4n) is 1.50. The maximum Gasteiger partial charge on any atom is 0.256 e. The standard InChI is InChI=1S/C15H16N2O2S/c1-15(19,11-20-13-9-5-6-10-16-13)14(18)17-12-7-3-2-4-8-12/h2-10,19H,11H2,1H3,(H,17,18). The van der Waals surface area contributed by atoms with Crippen molar-refractivity contribution in [1.29, 1.82) is 0 Å². The Labute approximate surface area is 122 Å². The molecule has 1 atom stereocenters. The highest BCUT2D eigenvalue weighted by Crippen LogP contribution is 2.21. The average Bonchev–Trinajstić information content (AvgIpc) is 2.47. The number of hydrogen-bond acceptors (Lipinski definition) is 4. The summed E-state index contributed by atoms with van der Waals surface area (Å²) in [5, 5.41) is 13.7. The molecule has 1 unspecified atom stereocenters. The summed E-state index contributed by atoms with van der Waals surface area (Å²) in [7, 11) is 0. The smallest absolute Gasteiger partial charge is 0.256 e. The van der Waals surface area contributed by atoms with E-state index in [0.29, 0.717) is 5.69 Å². The molecule has 2 N–H and O–H groups in total. The molecule has 104 valence electrons. The molecule has 0 bridgehead atoms. The van der Waals surface area contributed by atoms with Gasteiger partial charge in [0.2, 0.25) is 0 Å². The Morgan fingerprint density at radius 2 is 1.95 bits per heavy atom. The van der Waals surface area contributed by atoms with Crippen LogP contribution in [0, 0.1) is 0 Å². The molecule has 5 heteroatoms. The number of carbonyl (C=O) groups excluding carboxylic acids is 1. The molecular formula is C15H16N2O2S. The van der Waals surface area contributed by atoms with Crippen molar-refractivity contribution in [2.45, 2.75) is 17.6 Å². The Hall–Kier alpha value is -1.85. The number of aromatic nitrogens is 1. The summed E-state index contributed by atoms with van der Waals surface area (Å²) in [5.41, 5.74) is -0.793. The molecule has 1 heterocycles. The lowest BCUT2D eigenvalue weighted by molar-refractivity contribution is -0.130. The molecule has 1 aromatic heterocycles. The maximum absolute atomic E-state index is 12.1. The lowest BCUT2D eigenvalue weighted by Gasteiger charge is -2.21. The van der Waals surface area contributed by atoms with Crippen LogP contribution in [0.3, 0.4) is 0 Å². The predicted octanol–water partition coefficient (Wildman–Crippen LogP) is 2.56. The second-order valence-corrected chi connectivity index (χ2v) is 5.55. The van der Waals surface area contributed by atoms with Gasteiger partial charge in [0, 0.05) is 17.6 Å². The molecule has 1 aromatic carbocycles. The zero-order valence-electron chi connectivity index (χ0n) is 11.1. The highest BCUT2D eigenvalue weighted by Gasteiger charge is 2.30. The van der Waals surface area contributed by atoms with E-state index < -0.39 is 11.5 Å². The minimum Gasteiger partial charge on any atom is -0.379 e. The minimum absolute atomic E-state index is 0.239. The number of hydrogen-bond donors (Lipinski definition) is 2. The van der Waals surface area contributed by atoms with E-state index in [1.54, 1.807) is 18.3 Å². The van der Waals surface area contributed by atoms with Crippen LogP contribution in [0.25, 0.3) is 0 Å². The average molecular weight is 288 g/mol. The molecule has 0 saturated carbocycles. The van der Waals surface area contributed by atoms with Crippen LogP contribution in [0.15, 0.2) is 59.8 Å². The van der Waals surface area contributed by atoms with Crippen LogP contribution in [-0.2, 0) is 4.79 Å². The van der Waals surface area contributed by atoms with Gasteiger partial charge in [-0.3, -0.25) is 4.79 Å². The van der Waals surface area contributed by atoms with E-state index in [-0.39, 0.29) is 5.75 Å². The van der Waals surface area contributed by atoms with Gasteiger partial charge in [0.25, 0.3) is 5.91 Å². The van der Waals surface area contributed by atoms with E-state index in [1.807, 2.05) is 36.4 Å². The molecule has 2 rings (SSSR count). The van der Waals surface area contributed by atoms with Crippen molar-refractivity contribution >= 4 is 23.4 Å². The van der Waals surface area contributed by atoms with Gasteiger partial charge in [-0.2, -0.15) is 0 Å². The summed E-state index contributed by atoms with van der Waals surface area (Å²) in [6.45, 7) is 1.50. The minimum atomic E-state index is -1.46. The first-order valence-electron chi connectivity index (χ1n) is 6.21. The van der Waals surface area contributed by atoms with Crippen molar-refractivity contribution in [3.63, 3.8) is 0 Å². The SMILES string of the molecule is CC(O)(CSc1ccccn1)C(=O)Nc1ccccc1. The Kier molecular flexibility index (Phi) is 4.76. The molecule has 0 aliphatic rings. The molecule has 4 nitrogen and oxygen atoms in total. The third-order valence-electron chi connectivity index (χ3n) is 2.66. The third-order valence-corrected chi connectivity index (χ3v) is 3.90. The van der Waals surface area contributed by atoms with E-state index >= 15 is 0 Å². The monoisotopic (exact) mass is 288 g/mol. The van der Waals surface area contributed by atoms with Crippen LogP contribution in [0.5, 0.6) is 0 Å². The molecule has 1 amide bonds. The number of pyridine rings is 1. The summed E-state index contributed by atoms with van der Waals surface area (Å²) in [6, 6.07) is 14.6. The summed E-state index contributed by atoms with van der Waals surface area (Å²) in [5.74, 6) is -0.185. The zero-order valence-corrected chi connectivity index (χ0v) is 11.9. The zero-order chi connectivity index (χ0) is 14.4. The summed E-state index contributed by atoms with van der Waals surface area (Å²) >= 11 is 1.34. The Balaban J connectivity index is 1.94. The van der Waals surface area contributed by atoms with Gasteiger partial charge in [-0.05, 0) is 31.2 Å². The number of aliphatic hydroxyl groups is 1. The molecule has 0 radical (unpaired) electrons. The van der Waals surface area contributed by atoms with Crippen molar-refractivity contribution in [2.75, 3.05) is 11.1 Å². The van der Waals surface area contributed by atoms with Gasteiger partial charge in [-0.1, -0.05) is 24.3 Å². The van der Waals surface area contributed by atoms with Crippen LogP contribution in [-0.4, -0.2) is 27.4 Å². The van der Waals surface area contributed by atoms with Crippen molar-refractivity contribution in [3.05, 3.63) is 54.7 Å². The highest BCUT2D eigenvalue weighted by atomic mass is 32.2. The lowest BCUT2D eigenvalue weighted by Crippen LogP contribution is -2.42. The number of amides is 1. The second kappa shape index (κ2) is 6.54. The Bertz CT molecular complexity index is 559. The summed E-state index contributed by atoms with van der Waals surface area (Å²) in [4.78, 5) is 16.2. The van der Waals surface area contributed by atoms with Crippen molar-refractivity contribution < 1.29 is 9.90 Å². The third kappa shape index (κ3) is 4.08. The van der Waals surface area contributed by atoms with Gasteiger partial charge in [0.1, 0.15) is 5.60 Å². The fourth-order valence-corrected chi connectivity index (χ4v) is 2.37. The van der Waals surface area contributed by atoms with Gasteiger partial charge in [0.15, 0.2) is 0 Å². The summed E-state index contributed by atoms with van der Waals surface area (Å²) < 4.78 is 0. The predicted molar refractivity (Wildman–Crippen MR) is 80.7 cm³/mol. The van der Waals surface area contributed by atoms with Gasteiger partial charge in [0.05, 0.1) is 5.03 Å². The molecule has 2 aromatic rings. The van der Waals surface area contributed by atoms with E-state index in [2.05, 4.69) is 10.3 Å². The summed E-state index contributed by atoms with van der Waals surface area (Å²) in [6.07, 6.45) is 1.68. The Morgan fingerprint density at radius 1 is 1.25 bits per heavy atom. The normalized spacial score (nSPS) is 13.5. The molecule has 0 saturated heterocycles. The molecule has 0 aliphatic carbocycles. The quantitative estimate of drug-likeness (QED) is 0.830. The number of para-hydroxylation sites is 1. The maximum atomic E-state index is 12.1. The van der Waals surface area contributed by atoms with Gasteiger partial charge in [-0.15, -0.1) is 11.8 Å². The van der Waals surface area contributed by atoms with E-state index in [9.17, 15) is 9.90 Å². The van der Waals surface area contributed by atoms with Crippen LogP contribution in [0.1, 0.15) is 6.92 Å². The van der Waals surface area contributed by atoms with Crippen molar-refractivity contribution in [3.8, 4) is 0 Å². The first-order valence-corrected chi connectivity index (χ1v) is 7.19. The number of anilines is 1. The lowest BCUT2D eigenvalue weighted by atomic mass is 10.1. The van der Waals surface area contributed by atoms with E-state index in [4.69, 9.17) is 0 Å². The topological polar surface area (TPSA) is 62.2 Å². The van der Waals surface area contributed by atoms with E-state index in [0.717, 1.165) is 5.03 Å². The van der Waals surface area contributed by atoms with Crippen molar-refractivity contribution in [1.82, 2.24) is 4.98 Å². The first-order chi connectivity index (χ1) is 9.58. The number of thioether (sulfide) groups is 1. The number of rotatable bonds is 5. The number of nitrogens with one attached hydrogen (secondary N) is 1. The van der Waals surface area contributed by atoms with Crippen LogP contribution in [0.4, 0.5) is 5.69 Å². The highest BCUT2D eigenvalue weighted by molar-refractivity contribution is 7.99. The number of benzene rings is 1. The first kappa shape index (κ1) is 14.6. The molecule has 0 fully saturated rings. The molecule has 0 aliphatic heterocycles. The number of carbonyl (C=O) groups is 1. The van der Waals surface area contributed by atoms with Gasteiger partial charge < -0.3 is 10.4 Å². The molecule has 0 spiro atoms. The fraction of sp³-hybridized carbons (Fsp3) is 0.200. The molecular weight excluding hydrogens is 272 g/mol. The largest absolute Gasteiger partial charge is 0.379 e. The Morgan fingerprint density at radius 3 is 2.60 bits per heavy atom. The van der Waals surface area contributed by atoms with E-state index in [1.165, 1.54) is 18.7 Å². The van der Waals surface area contributed by atoms with Gasteiger partial charge in [-0.25, -0.2) is 4.98 Å². The van der Waals surface area contributed by atoms with Crippen LogP contribution in [0.2, 0.25) is 0 Å². The van der Waals surface area contributed by atoms with Gasteiger partial charge >= 0.3 is 0 Å².